The molecule has 1 aliphatic carbocycles. The zero-order valence-electron chi connectivity index (χ0n) is 7.90. The van der Waals surface area contributed by atoms with Gasteiger partial charge < -0.3 is 9.64 Å². The summed E-state index contributed by atoms with van der Waals surface area (Å²) in [5, 5.41) is 0. The number of anilines is 1. The molecule has 13 heavy (non-hydrogen) atoms. The zero-order chi connectivity index (χ0) is 9.26. The first kappa shape index (κ1) is 8.29. The van der Waals surface area contributed by atoms with Gasteiger partial charge in [-0.25, -0.2) is 4.98 Å². The first-order valence-electron chi connectivity index (χ1n) is 4.41. The van der Waals surface area contributed by atoms with E-state index in [0.29, 0.717) is 11.9 Å². The van der Waals surface area contributed by atoms with Crippen LogP contribution in [0.15, 0.2) is 12.3 Å². The maximum atomic E-state index is 5.03. The summed E-state index contributed by atoms with van der Waals surface area (Å²) in [4.78, 5) is 10.5. The zero-order valence-corrected chi connectivity index (χ0v) is 7.90. The molecule has 0 N–H and O–H groups in total. The molecule has 1 heterocycles. The predicted molar refractivity (Wildman–Crippen MR) is 50.0 cm³/mol. The molecule has 0 spiro atoms. The summed E-state index contributed by atoms with van der Waals surface area (Å²) in [5.74, 6) is 1.37. The maximum Gasteiger partial charge on any atom is 0.228 e. The summed E-state index contributed by atoms with van der Waals surface area (Å²) in [6.07, 6.45) is 4.22. The molecule has 0 aromatic carbocycles. The molecule has 1 aromatic rings. The molecular formula is C9H13N3O. The van der Waals surface area contributed by atoms with E-state index in [1.807, 2.05) is 7.05 Å². The van der Waals surface area contributed by atoms with E-state index in [9.17, 15) is 0 Å². The average Bonchev–Trinajstić information content (AvgIpc) is 3.00. The lowest BCUT2D eigenvalue weighted by Gasteiger charge is -2.15. The minimum Gasteiger partial charge on any atom is -0.481 e. The Morgan fingerprint density at radius 1 is 1.54 bits per heavy atom. The predicted octanol–water partition coefficient (Wildman–Crippen LogP) is 1.08. The molecule has 0 amide bonds. The van der Waals surface area contributed by atoms with Crippen molar-refractivity contribution in [2.45, 2.75) is 18.9 Å². The van der Waals surface area contributed by atoms with Crippen LogP contribution in [0.5, 0.6) is 5.88 Å². The van der Waals surface area contributed by atoms with Crippen molar-refractivity contribution in [1.29, 1.82) is 0 Å². The second kappa shape index (κ2) is 3.20. The minimum atomic E-state index is 0.623. The van der Waals surface area contributed by atoms with E-state index in [-0.39, 0.29) is 0 Å². The highest BCUT2D eigenvalue weighted by molar-refractivity contribution is 5.34. The maximum absolute atomic E-state index is 5.03. The second-order valence-corrected chi connectivity index (χ2v) is 3.24. The van der Waals surface area contributed by atoms with E-state index < -0.39 is 0 Å². The summed E-state index contributed by atoms with van der Waals surface area (Å²) < 4.78 is 5.03. The van der Waals surface area contributed by atoms with Crippen LogP contribution in [0, 0.1) is 0 Å². The molecule has 1 aromatic heterocycles. The van der Waals surface area contributed by atoms with Gasteiger partial charge in [0.15, 0.2) is 0 Å². The molecule has 0 aliphatic heterocycles. The van der Waals surface area contributed by atoms with Gasteiger partial charge in [0.25, 0.3) is 0 Å². The van der Waals surface area contributed by atoms with Gasteiger partial charge in [0.2, 0.25) is 11.8 Å². The van der Waals surface area contributed by atoms with Crippen molar-refractivity contribution in [3.63, 3.8) is 0 Å². The lowest BCUT2D eigenvalue weighted by Crippen LogP contribution is -2.21. The van der Waals surface area contributed by atoms with Gasteiger partial charge in [-0.05, 0) is 12.8 Å². The van der Waals surface area contributed by atoms with Gasteiger partial charge in [-0.15, -0.1) is 0 Å². The largest absolute Gasteiger partial charge is 0.481 e. The molecule has 1 saturated carbocycles. The number of aromatic nitrogens is 2. The second-order valence-electron chi connectivity index (χ2n) is 3.24. The van der Waals surface area contributed by atoms with Crippen LogP contribution in [0.3, 0.4) is 0 Å². The summed E-state index contributed by atoms with van der Waals surface area (Å²) in [7, 11) is 3.63. The van der Waals surface area contributed by atoms with Crippen LogP contribution in [0.4, 0.5) is 5.95 Å². The van der Waals surface area contributed by atoms with Gasteiger partial charge >= 0.3 is 0 Å². The fourth-order valence-corrected chi connectivity index (χ4v) is 1.24. The van der Waals surface area contributed by atoms with Crippen LogP contribution in [0.2, 0.25) is 0 Å². The van der Waals surface area contributed by atoms with Gasteiger partial charge in [-0.1, -0.05) is 0 Å². The molecule has 1 fully saturated rings. The Balaban J connectivity index is 2.18. The summed E-state index contributed by atoms with van der Waals surface area (Å²) >= 11 is 0. The number of hydrogen-bond donors (Lipinski definition) is 0. The normalized spacial score (nSPS) is 15.5. The Labute approximate surface area is 77.6 Å². The minimum absolute atomic E-state index is 0.623. The van der Waals surface area contributed by atoms with E-state index in [4.69, 9.17) is 4.74 Å². The van der Waals surface area contributed by atoms with Crippen molar-refractivity contribution in [3.8, 4) is 5.88 Å². The first-order valence-corrected chi connectivity index (χ1v) is 4.41. The van der Waals surface area contributed by atoms with E-state index in [1.165, 1.54) is 12.8 Å². The highest BCUT2D eigenvalue weighted by atomic mass is 16.5. The summed E-state index contributed by atoms with van der Waals surface area (Å²) in [6.45, 7) is 0. The molecule has 2 rings (SSSR count). The van der Waals surface area contributed by atoms with E-state index in [0.717, 1.165) is 5.95 Å². The molecule has 1 aliphatic rings. The quantitative estimate of drug-likeness (QED) is 0.696. The third-order valence-electron chi connectivity index (χ3n) is 2.24. The Morgan fingerprint density at radius 3 is 2.92 bits per heavy atom. The Hall–Kier alpha value is -1.32. The van der Waals surface area contributed by atoms with Gasteiger partial charge in [0.1, 0.15) is 0 Å². The van der Waals surface area contributed by atoms with Crippen LogP contribution in [0.1, 0.15) is 12.8 Å². The van der Waals surface area contributed by atoms with Gasteiger partial charge in [0.05, 0.1) is 7.11 Å². The lowest BCUT2D eigenvalue weighted by atomic mass is 10.5. The molecule has 70 valence electrons. The molecule has 0 unspecified atom stereocenters. The van der Waals surface area contributed by atoms with Crippen molar-refractivity contribution in [2.24, 2.45) is 0 Å². The number of rotatable bonds is 3. The Bertz CT molecular complexity index is 299. The van der Waals surface area contributed by atoms with Crippen molar-refractivity contribution in [2.75, 3.05) is 19.1 Å². The SMILES string of the molecule is COc1ccnc(N(C)C2CC2)n1. The van der Waals surface area contributed by atoms with Crippen LogP contribution >= 0.6 is 0 Å². The average molecular weight is 179 g/mol. The fraction of sp³-hybridized carbons (Fsp3) is 0.556. The highest BCUT2D eigenvalue weighted by Crippen LogP contribution is 2.28. The number of hydrogen-bond acceptors (Lipinski definition) is 4. The molecular weight excluding hydrogens is 166 g/mol. The van der Waals surface area contributed by atoms with Crippen molar-refractivity contribution in [1.82, 2.24) is 9.97 Å². The Kier molecular flexibility index (Phi) is 2.04. The standard InChI is InChI=1S/C9H13N3O/c1-12(7-3-4-7)9-10-6-5-8(11-9)13-2/h5-7H,3-4H2,1-2H3. The molecule has 0 bridgehead atoms. The summed E-state index contributed by atoms with van der Waals surface area (Å²) in [5.41, 5.74) is 0. The van der Waals surface area contributed by atoms with Gasteiger partial charge in [-0.3, -0.25) is 0 Å². The van der Waals surface area contributed by atoms with Gasteiger partial charge in [0, 0.05) is 25.4 Å². The van der Waals surface area contributed by atoms with E-state index in [1.54, 1.807) is 19.4 Å². The van der Waals surface area contributed by atoms with E-state index >= 15 is 0 Å². The van der Waals surface area contributed by atoms with Crippen molar-refractivity contribution < 1.29 is 4.74 Å². The third kappa shape index (κ3) is 1.71. The van der Waals surface area contributed by atoms with Crippen molar-refractivity contribution >= 4 is 5.95 Å². The van der Waals surface area contributed by atoms with Crippen LogP contribution in [0.25, 0.3) is 0 Å². The third-order valence-corrected chi connectivity index (χ3v) is 2.24. The summed E-state index contributed by atoms with van der Waals surface area (Å²) in [6, 6.07) is 2.39. The van der Waals surface area contributed by atoms with Crippen LogP contribution in [-0.2, 0) is 0 Å². The first-order chi connectivity index (χ1) is 6.31. The van der Waals surface area contributed by atoms with Crippen LogP contribution < -0.4 is 9.64 Å². The highest BCUT2D eigenvalue weighted by Gasteiger charge is 2.27. The Morgan fingerprint density at radius 2 is 2.31 bits per heavy atom. The molecule has 4 heteroatoms. The van der Waals surface area contributed by atoms with E-state index in [2.05, 4.69) is 14.9 Å². The molecule has 0 saturated heterocycles. The lowest BCUT2D eigenvalue weighted by molar-refractivity contribution is 0.397. The van der Waals surface area contributed by atoms with Crippen LogP contribution in [-0.4, -0.2) is 30.2 Å². The van der Waals surface area contributed by atoms with Gasteiger partial charge in [-0.2, -0.15) is 4.98 Å². The number of methoxy groups -OCH3 is 1. The molecule has 4 nitrogen and oxygen atoms in total. The number of ether oxygens (including phenoxy) is 1. The number of nitrogens with zero attached hydrogens (tertiary/aromatic N) is 3. The smallest absolute Gasteiger partial charge is 0.228 e. The monoisotopic (exact) mass is 179 g/mol. The molecule has 0 atom stereocenters. The van der Waals surface area contributed by atoms with Crippen molar-refractivity contribution in [3.05, 3.63) is 12.3 Å². The molecule has 0 radical (unpaired) electrons. The topological polar surface area (TPSA) is 38.2 Å². The fourth-order valence-electron chi connectivity index (χ4n) is 1.24.